The fraction of sp³-hybridized carbons (Fsp3) is 0.200. The van der Waals surface area contributed by atoms with Gasteiger partial charge in [0.1, 0.15) is 5.82 Å². The Morgan fingerprint density at radius 2 is 1.95 bits per heavy atom. The van der Waals surface area contributed by atoms with Gasteiger partial charge in [-0.1, -0.05) is 12.1 Å². The SMILES string of the molecule is Cc1ccc(CNCc2ccc(C(=O)O)c(F)c2)cn1. The third-order valence-electron chi connectivity index (χ3n) is 2.89. The van der Waals surface area contributed by atoms with E-state index in [0.717, 1.165) is 11.3 Å². The summed E-state index contributed by atoms with van der Waals surface area (Å²) in [5.41, 5.74) is 2.39. The lowest BCUT2D eigenvalue weighted by atomic mass is 10.1. The van der Waals surface area contributed by atoms with E-state index in [-0.39, 0.29) is 5.56 Å². The van der Waals surface area contributed by atoms with Gasteiger partial charge in [0.25, 0.3) is 0 Å². The molecule has 0 saturated heterocycles. The number of carboxylic acids is 1. The van der Waals surface area contributed by atoms with E-state index in [1.807, 2.05) is 19.1 Å². The van der Waals surface area contributed by atoms with Crippen LogP contribution in [-0.2, 0) is 13.1 Å². The third kappa shape index (κ3) is 3.61. The summed E-state index contributed by atoms with van der Waals surface area (Å²) in [5.74, 6) is -1.97. The molecule has 1 aromatic heterocycles. The first-order chi connectivity index (χ1) is 9.56. The van der Waals surface area contributed by atoms with Crippen molar-refractivity contribution in [1.82, 2.24) is 10.3 Å². The highest BCUT2D eigenvalue weighted by atomic mass is 19.1. The van der Waals surface area contributed by atoms with Gasteiger partial charge in [0.05, 0.1) is 5.56 Å². The molecule has 5 heteroatoms. The van der Waals surface area contributed by atoms with Crippen LogP contribution in [0.3, 0.4) is 0 Å². The van der Waals surface area contributed by atoms with E-state index in [1.54, 1.807) is 12.3 Å². The van der Waals surface area contributed by atoms with Crippen LogP contribution in [0.4, 0.5) is 4.39 Å². The monoisotopic (exact) mass is 274 g/mol. The van der Waals surface area contributed by atoms with Crippen LogP contribution in [0.5, 0.6) is 0 Å². The maximum absolute atomic E-state index is 13.5. The molecule has 0 spiro atoms. The Morgan fingerprint density at radius 1 is 1.25 bits per heavy atom. The number of benzene rings is 1. The van der Waals surface area contributed by atoms with E-state index in [0.29, 0.717) is 18.7 Å². The lowest BCUT2D eigenvalue weighted by molar-refractivity contribution is 0.0692. The Hall–Kier alpha value is -2.27. The number of carboxylic acid groups (broad SMARTS) is 1. The Kier molecular flexibility index (Phi) is 4.42. The second kappa shape index (κ2) is 6.25. The molecule has 1 aromatic carbocycles. The van der Waals surface area contributed by atoms with Crippen molar-refractivity contribution >= 4 is 5.97 Å². The van der Waals surface area contributed by atoms with Crippen LogP contribution in [-0.4, -0.2) is 16.1 Å². The van der Waals surface area contributed by atoms with Crippen molar-refractivity contribution in [3.05, 3.63) is 64.7 Å². The molecule has 1 heterocycles. The molecule has 2 rings (SSSR count). The fourth-order valence-electron chi connectivity index (χ4n) is 1.80. The smallest absolute Gasteiger partial charge is 0.338 e. The van der Waals surface area contributed by atoms with Crippen LogP contribution >= 0.6 is 0 Å². The van der Waals surface area contributed by atoms with Crippen molar-refractivity contribution in [1.29, 1.82) is 0 Å². The van der Waals surface area contributed by atoms with Crippen molar-refractivity contribution in [2.75, 3.05) is 0 Å². The molecule has 0 aliphatic heterocycles. The summed E-state index contributed by atoms with van der Waals surface area (Å²) in [5, 5.41) is 11.9. The van der Waals surface area contributed by atoms with Crippen molar-refractivity contribution in [2.24, 2.45) is 0 Å². The first-order valence-corrected chi connectivity index (χ1v) is 6.20. The topological polar surface area (TPSA) is 62.2 Å². The molecular weight excluding hydrogens is 259 g/mol. The average Bonchev–Trinajstić information content (AvgIpc) is 2.41. The van der Waals surface area contributed by atoms with Crippen LogP contribution in [0.1, 0.15) is 27.2 Å². The van der Waals surface area contributed by atoms with Crippen LogP contribution < -0.4 is 5.32 Å². The molecule has 0 unspecified atom stereocenters. The van der Waals surface area contributed by atoms with Crippen molar-refractivity contribution in [3.8, 4) is 0 Å². The van der Waals surface area contributed by atoms with Gasteiger partial charge in [0.15, 0.2) is 0 Å². The van der Waals surface area contributed by atoms with E-state index in [9.17, 15) is 9.18 Å². The van der Waals surface area contributed by atoms with E-state index in [4.69, 9.17) is 5.11 Å². The number of carbonyl (C=O) groups is 1. The number of aromatic nitrogens is 1. The molecule has 0 aliphatic rings. The van der Waals surface area contributed by atoms with Gasteiger partial charge in [-0.25, -0.2) is 9.18 Å². The van der Waals surface area contributed by atoms with E-state index in [2.05, 4.69) is 10.3 Å². The van der Waals surface area contributed by atoms with Gasteiger partial charge < -0.3 is 10.4 Å². The maximum atomic E-state index is 13.5. The van der Waals surface area contributed by atoms with E-state index < -0.39 is 11.8 Å². The summed E-state index contributed by atoms with van der Waals surface area (Å²) < 4.78 is 13.5. The van der Waals surface area contributed by atoms with Crippen LogP contribution in [0.25, 0.3) is 0 Å². The van der Waals surface area contributed by atoms with Gasteiger partial charge in [0, 0.05) is 25.0 Å². The van der Waals surface area contributed by atoms with Crippen molar-refractivity contribution in [3.63, 3.8) is 0 Å². The zero-order chi connectivity index (χ0) is 14.5. The molecule has 0 radical (unpaired) electrons. The predicted molar refractivity (Wildman–Crippen MR) is 72.9 cm³/mol. The molecule has 2 aromatic rings. The largest absolute Gasteiger partial charge is 0.478 e. The lowest BCUT2D eigenvalue weighted by Gasteiger charge is -2.06. The second-order valence-corrected chi connectivity index (χ2v) is 4.53. The molecular formula is C15H15FN2O2. The van der Waals surface area contributed by atoms with Gasteiger partial charge in [-0.15, -0.1) is 0 Å². The Morgan fingerprint density at radius 3 is 2.55 bits per heavy atom. The number of aromatic carboxylic acids is 1. The number of hydrogen-bond donors (Lipinski definition) is 2. The Bertz CT molecular complexity index is 612. The summed E-state index contributed by atoms with van der Waals surface area (Å²) in [6.07, 6.45) is 1.79. The first-order valence-electron chi connectivity index (χ1n) is 6.20. The van der Waals surface area contributed by atoms with Gasteiger partial charge in [-0.3, -0.25) is 4.98 Å². The standard InChI is InChI=1S/C15H15FN2O2/c1-10-2-3-12(9-18-10)8-17-7-11-4-5-13(15(19)20)14(16)6-11/h2-6,9,17H,7-8H2,1H3,(H,19,20). The quantitative estimate of drug-likeness (QED) is 0.879. The van der Waals surface area contributed by atoms with Crippen LogP contribution in [0, 0.1) is 12.7 Å². The number of halogens is 1. The number of nitrogens with one attached hydrogen (secondary N) is 1. The summed E-state index contributed by atoms with van der Waals surface area (Å²) in [6.45, 7) is 3.00. The molecule has 0 atom stereocenters. The van der Waals surface area contributed by atoms with Crippen molar-refractivity contribution in [2.45, 2.75) is 20.0 Å². The molecule has 0 fully saturated rings. The number of aryl methyl sites for hydroxylation is 1. The zero-order valence-electron chi connectivity index (χ0n) is 11.1. The lowest BCUT2D eigenvalue weighted by Crippen LogP contribution is -2.13. The second-order valence-electron chi connectivity index (χ2n) is 4.53. The molecule has 0 bridgehead atoms. The minimum Gasteiger partial charge on any atom is -0.478 e. The molecule has 20 heavy (non-hydrogen) atoms. The summed E-state index contributed by atoms with van der Waals surface area (Å²) in [4.78, 5) is 14.9. The number of pyridine rings is 1. The molecule has 0 saturated carbocycles. The van der Waals surface area contributed by atoms with Gasteiger partial charge in [-0.2, -0.15) is 0 Å². The third-order valence-corrected chi connectivity index (χ3v) is 2.89. The van der Waals surface area contributed by atoms with Crippen LogP contribution in [0.2, 0.25) is 0 Å². The number of rotatable bonds is 5. The van der Waals surface area contributed by atoms with Crippen molar-refractivity contribution < 1.29 is 14.3 Å². The molecule has 104 valence electrons. The number of hydrogen-bond acceptors (Lipinski definition) is 3. The minimum absolute atomic E-state index is 0.309. The predicted octanol–water partition coefficient (Wildman–Crippen LogP) is 2.52. The molecule has 0 aliphatic carbocycles. The number of nitrogens with zero attached hydrogens (tertiary/aromatic N) is 1. The van der Waals surface area contributed by atoms with E-state index >= 15 is 0 Å². The highest BCUT2D eigenvalue weighted by Gasteiger charge is 2.09. The average molecular weight is 274 g/mol. The highest BCUT2D eigenvalue weighted by molar-refractivity contribution is 5.87. The van der Waals surface area contributed by atoms with Gasteiger partial charge >= 0.3 is 5.97 Å². The first kappa shape index (κ1) is 14.1. The van der Waals surface area contributed by atoms with E-state index in [1.165, 1.54) is 12.1 Å². The molecule has 0 amide bonds. The Balaban J connectivity index is 1.92. The fourth-order valence-corrected chi connectivity index (χ4v) is 1.80. The minimum atomic E-state index is -1.26. The Labute approximate surface area is 116 Å². The molecule has 4 nitrogen and oxygen atoms in total. The zero-order valence-corrected chi connectivity index (χ0v) is 11.1. The van der Waals surface area contributed by atoms with Gasteiger partial charge in [-0.05, 0) is 36.2 Å². The van der Waals surface area contributed by atoms with Gasteiger partial charge in [0.2, 0.25) is 0 Å². The maximum Gasteiger partial charge on any atom is 0.338 e. The summed E-state index contributed by atoms with van der Waals surface area (Å²) >= 11 is 0. The molecule has 2 N–H and O–H groups in total. The summed E-state index contributed by atoms with van der Waals surface area (Å²) in [7, 11) is 0. The summed E-state index contributed by atoms with van der Waals surface area (Å²) in [6, 6.07) is 8.03. The van der Waals surface area contributed by atoms with Crippen LogP contribution in [0.15, 0.2) is 36.5 Å². The highest BCUT2D eigenvalue weighted by Crippen LogP contribution is 2.10. The normalized spacial score (nSPS) is 10.5.